The first kappa shape index (κ1) is 18.0. The second-order valence-electron chi connectivity index (χ2n) is 5.47. The van der Waals surface area contributed by atoms with Crippen molar-refractivity contribution in [1.29, 1.82) is 0 Å². The number of nitrogens with zero attached hydrogens (tertiary/aromatic N) is 1. The van der Waals surface area contributed by atoms with E-state index in [2.05, 4.69) is 59.1 Å². The maximum atomic E-state index is 11.6. The van der Waals surface area contributed by atoms with Gasteiger partial charge in [-0.2, -0.15) is 0 Å². The summed E-state index contributed by atoms with van der Waals surface area (Å²) in [5.41, 5.74) is 2.55. The Labute approximate surface area is 133 Å². The van der Waals surface area contributed by atoms with E-state index in [0.717, 1.165) is 13.0 Å². The molecule has 3 N–H and O–H groups in total. The lowest BCUT2D eigenvalue weighted by molar-refractivity contribution is -0.120. The number of carbonyl (C=O) groups excluding carboxylic acids is 1. The van der Waals surface area contributed by atoms with Gasteiger partial charge < -0.3 is 16.0 Å². The third kappa shape index (κ3) is 6.61. The monoisotopic (exact) mass is 304 g/mol. The van der Waals surface area contributed by atoms with E-state index in [0.29, 0.717) is 18.4 Å². The lowest BCUT2D eigenvalue weighted by atomic mass is 10.0. The summed E-state index contributed by atoms with van der Waals surface area (Å²) in [6, 6.07) is 8.54. The predicted octanol–water partition coefficient (Wildman–Crippen LogP) is 1.79. The van der Waals surface area contributed by atoms with E-state index in [1.165, 1.54) is 11.1 Å². The minimum absolute atomic E-state index is 0.0172. The van der Waals surface area contributed by atoms with Gasteiger partial charge in [-0.05, 0) is 24.8 Å². The van der Waals surface area contributed by atoms with E-state index in [4.69, 9.17) is 0 Å². The third-order valence-corrected chi connectivity index (χ3v) is 3.43. The van der Waals surface area contributed by atoms with Crippen molar-refractivity contribution < 1.29 is 4.79 Å². The Kier molecular flexibility index (Phi) is 8.04. The number of hydrogen-bond donors (Lipinski definition) is 3. The number of amides is 1. The molecule has 1 amide bonds. The highest BCUT2D eigenvalue weighted by Crippen LogP contribution is 2.14. The molecule has 0 saturated heterocycles. The van der Waals surface area contributed by atoms with Crippen molar-refractivity contribution in [2.45, 2.75) is 33.1 Å². The number of rotatable bonds is 7. The van der Waals surface area contributed by atoms with Crippen molar-refractivity contribution in [1.82, 2.24) is 16.0 Å². The molecule has 0 saturated carbocycles. The van der Waals surface area contributed by atoms with Crippen LogP contribution < -0.4 is 16.0 Å². The number of carbonyl (C=O) groups is 1. The SMILES string of the molecule is CCCNC(=O)CNC(=NC)NCC(C)c1ccc(C)cc1. The Morgan fingerprint density at radius 3 is 2.45 bits per heavy atom. The molecule has 1 aromatic carbocycles. The molecule has 0 fully saturated rings. The van der Waals surface area contributed by atoms with Crippen LogP contribution in [0.2, 0.25) is 0 Å². The van der Waals surface area contributed by atoms with E-state index >= 15 is 0 Å². The van der Waals surface area contributed by atoms with Gasteiger partial charge in [-0.25, -0.2) is 0 Å². The van der Waals surface area contributed by atoms with Gasteiger partial charge >= 0.3 is 0 Å². The summed E-state index contributed by atoms with van der Waals surface area (Å²) in [4.78, 5) is 15.7. The second kappa shape index (κ2) is 9.82. The van der Waals surface area contributed by atoms with Gasteiger partial charge in [0.25, 0.3) is 0 Å². The third-order valence-electron chi connectivity index (χ3n) is 3.43. The summed E-state index contributed by atoms with van der Waals surface area (Å²) in [6.07, 6.45) is 0.937. The zero-order valence-corrected chi connectivity index (χ0v) is 14.1. The number of guanidine groups is 1. The zero-order valence-electron chi connectivity index (χ0n) is 14.1. The lowest BCUT2D eigenvalue weighted by Gasteiger charge is -2.16. The molecule has 0 aromatic heterocycles. The molecule has 1 aromatic rings. The minimum atomic E-state index is -0.0172. The van der Waals surface area contributed by atoms with Gasteiger partial charge in [0.2, 0.25) is 5.91 Å². The van der Waals surface area contributed by atoms with Gasteiger partial charge in [-0.1, -0.05) is 43.7 Å². The Hall–Kier alpha value is -2.04. The first-order valence-electron chi connectivity index (χ1n) is 7.84. The number of benzene rings is 1. The summed E-state index contributed by atoms with van der Waals surface area (Å²) in [6.45, 7) is 7.98. The maximum absolute atomic E-state index is 11.6. The van der Waals surface area contributed by atoms with Gasteiger partial charge in [0, 0.05) is 20.1 Å². The molecule has 0 bridgehead atoms. The van der Waals surface area contributed by atoms with E-state index in [1.807, 2.05) is 6.92 Å². The molecule has 1 atom stereocenters. The van der Waals surface area contributed by atoms with Crippen molar-refractivity contribution >= 4 is 11.9 Å². The number of aryl methyl sites for hydroxylation is 1. The summed E-state index contributed by atoms with van der Waals surface area (Å²) < 4.78 is 0. The predicted molar refractivity (Wildman–Crippen MR) is 92.3 cm³/mol. The zero-order chi connectivity index (χ0) is 16.4. The fraction of sp³-hybridized carbons (Fsp3) is 0.529. The molecular formula is C17H28N4O. The molecule has 0 heterocycles. The van der Waals surface area contributed by atoms with Gasteiger partial charge in [0.15, 0.2) is 5.96 Å². The van der Waals surface area contributed by atoms with Crippen LogP contribution in [0.15, 0.2) is 29.3 Å². The molecule has 22 heavy (non-hydrogen) atoms. The Bertz CT molecular complexity index is 482. The number of nitrogens with one attached hydrogen (secondary N) is 3. The van der Waals surface area contributed by atoms with Crippen molar-refractivity contribution in [3.8, 4) is 0 Å². The standard InChI is InChI=1S/C17H28N4O/c1-5-10-19-16(22)12-21-17(18-4)20-11-14(3)15-8-6-13(2)7-9-15/h6-9,14H,5,10-12H2,1-4H3,(H,19,22)(H2,18,20,21). The first-order valence-corrected chi connectivity index (χ1v) is 7.84. The normalized spacial score (nSPS) is 12.6. The molecule has 5 heteroatoms. The van der Waals surface area contributed by atoms with Crippen molar-refractivity contribution in [2.24, 2.45) is 4.99 Å². The quantitative estimate of drug-likeness (QED) is 0.531. The van der Waals surface area contributed by atoms with E-state index in [9.17, 15) is 4.79 Å². The average molecular weight is 304 g/mol. The van der Waals surface area contributed by atoms with E-state index < -0.39 is 0 Å². The van der Waals surface area contributed by atoms with Crippen LogP contribution in [-0.4, -0.2) is 38.5 Å². The first-order chi connectivity index (χ1) is 10.6. The molecule has 0 aliphatic heterocycles. The van der Waals surface area contributed by atoms with Crippen molar-refractivity contribution in [3.05, 3.63) is 35.4 Å². The van der Waals surface area contributed by atoms with E-state index in [1.54, 1.807) is 7.05 Å². The summed E-state index contributed by atoms with van der Waals surface area (Å²) in [5.74, 6) is 0.995. The fourth-order valence-electron chi connectivity index (χ4n) is 1.97. The molecule has 5 nitrogen and oxygen atoms in total. The second-order valence-corrected chi connectivity index (χ2v) is 5.47. The number of aliphatic imine (C=N–C) groups is 1. The van der Waals surface area contributed by atoms with Gasteiger partial charge in [0.1, 0.15) is 0 Å². The van der Waals surface area contributed by atoms with Crippen LogP contribution >= 0.6 is 0 Å². The summed E-state index contributed by atoms with van der Waals surface area (Å²) >= 11 is 0. The molecule has 1 unspecified atom stereocenters. The van der Waals surface area contributed by atoms with Crippen LogP contribution in [0.25, 0.3) is 0 Å². The summed E-state index contributed by atoms with van der Waals surface area (Å²) in [5, 5.41) is 9.10. The molecule has 0 radical (unpaired) electrons. The summed E-state index contributed by atoms with van der Waals surface area (Å²) in [7, 11) is 1.70. The van der Waals surface area contributed by atoms with Crippen LogP contribution in [-0.2, 0) is 4.79 Å². The highest BCUT2D eigenvalue weighted by Gasteiger charge is 2.07. The largest absolute Gasteiger partial charge is 0.356 e. The smallest absolute Gasteiger partial charge is 0.239 e. The molecular weight excluding hydrogens is 276 g/mol. The van der Waals surface area contributed by atoms with Crippen LogP contribution in [0, 0.1) is 6.92 Å². The molecule has 0 spiro atoms. The van der Waals surface area contributed by atoms with Crippen LogP contribution in [0.1, 0.15) is 37.3 Å². The topological polar surface area (TPSA) is 65.5 Å². The minimum Gasteiger partial charge on any atom is -0.356 e. The highest BCUT2D eigenvalue weighted by atomic mass is 16.1. The average Bonchev–Trinajstić information content (AvgIpc) is 2.53. The Balaban J connectivity index is 2.37. The highest BCUT2D eigenvalue weighted by molar-refractivity contribution is 5.86. The molecule has 122 valence electrons. The fourth-order valence-corrected chi connectivity index (χ4v) is 1.97. The van der Waals surface area contributed by atoms with Crippen molar-refractivity contribution in [2.75, 3.05) is 26.7 Å². The van der Waals surface area contributed by atoms with Gasteiger partial charge in [-0.15, -0.1) is 0 Å². The number of hydrogen-bond acceptors (Lipinski definition) is 2. The van der Waals surface area contributed by atoms with E-state index in [-0.39, 0.29) is 12.5 Å². The van der Waals surface area contributed by atoms with Gasteiger partial charge in [-0.3, -0.25) is 9.79 Å². The lowest BCUT2D eigenvalue weighted by Crippen LogP contribution is -2.44. The van der Waals surface area contributed by atoms with Crippen molar-refractivity contribution in [3.63, 3.8) is 0 Å². The van der Waals surface area contributed by atoms with Gasteiger partial charge in [0.05, 0.1) is 6.54 Å². The molecule has 0 aliphatic carbocycles. The molecule has 1 rings (SSSR count). The van der Waals surface area contributed by atoms with Crippen LogP contribution in [0.3, 0.4) is 0 Å². The Morgan fingerprint density at radius 1 is 1.18 bits per heavy atom. The van der Waals surface area contributed by atoms with Crippen LogP contribution in [0.5, 0.6) is 0 Å². The van der Waals surface area contributed by atoms with Crippen LogP contribution in [0.4, 0.5) is 0 Å². The maximum Gasteiger partial charge on any atom is 0.239 e. The Morgan fingerprint density at radius 2 is 1.86 bits per heavy atom. The molecule has 0 aliphatic rings.